The molecule has 1 heterocycles. The van der Waals surface area contributed by atoms with Gasteiger partial charge in [0.15, 0.2) is 0 Å². The van der Waals surface area contributed by atoms with Crippen molar-refractivity contribution in [1.29, 1.82) is 0 Å². The molecule has 0 bridgehead atoms. The van der Waals surface area contributed by atoms with Crippen molar-refractivity contribution in [2.75, 3.05) is 12.0 Å². The van der Waals surface area contributed by atoms with Crippen LogP contribution in [-0.4, -0.2) is 12.5 Å². The molecule has 0 spiro atoms. The molecular formula is C15H15N3O2. The topological polar surface area (TPSA) is 76.4 Å². The number of nitrogen functional groups attached to an aromatic ring is 1. The predicted molar refractivity (Wildman–Crippen MR) is 76.4 cm³/mol. The lowest BCUT2D eigenvalue weighted by molar-refractivity contribution is 0.0930. The zero-order valence-corrected chi connectivity index (χ0v) is 10.8. The second kappa shape index (κ2) is 5.22. The molecule has 1 unspecified atom stereocenters. The van der Waals surface area contributed by atoms with Crippen LogP contribution in [0.5, 0.6) is 5.75 Å². The van der Waals surface area contributed by atoms with Crippen LogP contribution in [0.2, 0.25) is 0 Å². The first kappa shape index (κ1) is 12.5. The number of hydrogen-bond acceptors (Lipinski definition) is 4. The molecule has 1 atom stereocenters. The fourth-order valence-corrected chi connectivity index (χ4v) is 2.24. The van der Waals surface area contributed by atoms with Crippen LogP contribution in [0.15, 0.2) is 48.5 Å². The minimum Gasteiger partial charge on any atom is -0.491 e. The Labute approximate surface area is 116 Å². The summed E-state index contributed by atoms with van der Waals surface area (Å²) in [7, 11) is 0. The van der Waals surface area contributed by atoms with Crippen molar-refractivity contribution in [2.24, 2.45) is 5.84 Å². The standard InChI is InChI=1S/C15H15N3O2/c16-18-11-7-5-10(6-8-11)15(19)17-13-9-20-14-4-2-1-3-12(13)14/h1-8,13,18H,9,16H2,(H,17,19). The van der Waals surface area contributed by atoms with Gasteiger partial charge in [0.2, 0.25) is 0 Å². The molecule has 1 aliphatic heterocycles. The summed E-state index contributed by atoms with van der Waals surface area (Å²) in [5, 5.41) is 2.97. The minimum absolute atomic E-state index is 0.106. The van der Waals surface area contributed by atoms with E-state index in [0.29, 0.717) is 12.2 Å². The van der Waals surface area contributed by atoms with E-state index >= 15 is 0 Å². The zero-order chi connectivity index (χ0) is 13.9. The largest absolute Gasteiger partial charge is 0.491 e. The maximum absolute atomic E-state index is 12.2. The second-order valence-electron chi connectivity index (χ2n) is 4.60. The molecule has 0 saturated heterocycles. The van der Waals surface area contributed by atoms with Gasteiger partial charge in [0.25, 0.3) is 5.91 Å². The van der Waals surface area contributed by atoms with Crippen molar-refractivity contribution in [3.05, 3.63) is 59.7 Å². The van der Waals surface area contributed by atoms with Crippen LogP contribution in [0.3, 0.4) is 0 Å². The second-order valence-corrected chi connectivity index (χ2v) is 4.60. The molecule has 0 saturated carbocycles. The highest BCUT2D eigenvalue weighted by atomic mass is 16.5. The van der Waals surface area contributed by atoms with Crippen LogP contribution in [-0.2, 0) is 0 Å². The number of amides is 1. The molecule has 5 nitrogen and oxygen atoms in total. The smallest absolute Gasteiger partial charge is 0.251 e. The van der Waals surface area contributed by atoms with Crippen molar-refractivity contribution < 1.29 is 9.53 Å². The lowest BCUT2D eigenvalue weighted by Gasteiger charge is -2.12. The van der Waals surface area contributed by atoms with Gasteiger partial charge in [-0.15, -0.1) is 0 Å². The third-order valence-corrected chi connectivity index (χ3v) is 3.32. The highest BCUT2D eigenvalue weighted by Gasteiger charge is 2.25. The maximum atomic E-state index is 12.2. The van der Waals surface area contributed by atoms with Gasteiger partial charge >= 0.3 is 0 Å². The first-order chi connectivity index (χ1) is 9.78. The average molecular weight is 269 g/mol. The fourth-order valence-electron chi connectivity index (χ4n) is 2.24. The molecule has 0 aliphatic carbocycles. The van der Waals surface area contributed by atoms with Gasteiger partial charge in [0, 0.05) is 16.8 Å². The van der Waals surface area contributed by atoms with Crippen molar-refractivity contribution in [3.63, 3.8) is 0 Å². The summed E-state index contributed by atoms with van der Waals surface area (Å²) in [5.74, 6) is 6.00. The highest BCUT2D eigenvalue weighted by Crippen LogP contribution is 2.31. The summed E-state index contributed by atoms with van der Waals surface area (Å²) >= 11 is 0. The molecule has 0 aromatic heterocycles. The fraction of sp³-hybridized carbons (Fsp3) is 0.133. The van der Waals surface area contributed by atoms with Gasteiger partial charge in [0.1, 0.15) is 12.4 Å². The number of nitrogens with one attached hydrogen (secondary N) is 2. The predicted octanol–water partition coefficient (Wildman–Crippen LogP) is 1.84. The third kappa shape index (κ3) is 2.31. The molecule has 102 valence electrons. The van der Waals surface area contributed by atoms with E-state index in [1.54, 1.807) is 24.3 Å². The van der Waals surface area contributed by atoms with E-state index in [1.807, 2.05) is 24.3 Å². The Balaban J connectivity index is 1.73. The number of benzene rings is 2. The number of hydrogen-bond donors (Lipinski definition) is 3. The molecule has 5 heteroatoms. The average Bonchev–Trinajstić information content (AvgIpc) is 2.91. The van der Waals surface area contributed by atoms with Crippen molar-refractivity contribution >= 4 is 11.6 Å². The summed E-state index contributed by atoms with van der Waals surface area (Å²) in [6.07, 6.45) is 0. The van der Waals surface area contributed by atoms with Crippen LogP contribution in [0.4, 0.5) is 5.69 Å². The van der Waals surface area contributed by atoms with E-state index in [-0.39, 0.29) is 11.9 Å². The van der Waals surface area contributed by atoms with Crippen LogP contribution < -0.4 is 21.3 Å². The molecule has 1 amide bonds. The van der Waals surface area contributed by atoms with E-state index in [4.69, 9.17) is 10.6 Å². The Morgan fingerprint density at radius 3 is 2.65 bits per heavy atom. The Morgan fingerprint density at radius 1 is 1.15 bits per heavy atom. The van der Waals surface area contributed by atoms with E-state index in [1.165, 1.54) is 0 Å². The number of fused-ring (bicyclic) bond motifs is 1. The molecule has 3 rings (SSSR count). The van der Waals surface area contributed by atoms with Gasteiger partial charge in [0.05, 0.1) is 6.04 Å². The molecule has 4 N–H and O–H groups in total. The lowest BCUT2D eigenvalue weighted by atomic mass is 10.1. The lowest BCUT2D eigenvalue weighted by Crippen LogP contribution is -2.29. The number of rotatable bonds is 3. The molecule has 0 radical (unpaired) electrons. The first-order valence-corrected chi connectivity index (χ1v) is 6.37. The monoisotopic (exact) mass is 269 g/mol. The van der Waals surface area contributed by atoms with Gasteiger partial charge < -0.3 is 15.5 Å². The summed E-state index contributed by atoms with van der Waals surface area (Å²) in [6, 6.07) is 14.6. The number of ether oxygens (including phenoxy) is 1. The van der Waals surface area contributed by atoms with Gasteiger partial charge in [-0.1, -0.05) is 18.2 Å². The number of carbonyl (C=O) groups excluding carboxylic acids is 1. The Hall–Kier alpha value is -2.53. The van der Waals surface area contributed by atoms with Gasteiger partial charge in [-0.3, -0.25) is 10.6 Å². The first-order valence-electron chi connectivity index (χ1n) is 6.37. The summed E-state index contributed by atoms with van der Waals surface area (Å²) in [6.45, 7) is 0.466. The van der Waals surface area contributed by atoms with Crippen LogP contribution >= 0.6 is 0 Å². The quantitative estimate of drug-likeness (QED) is 0.587. The molecule has 2 aromatic carbocycles. The molecule has 2 aromatic rings. The summed E-state index contributed by atoms with van der Waals surface area (Å²) in [4.78, 5) is 12.2. The summed E-state index contributed by atoms with van der Waals surface area (Å²) < 4.78 is 5.54. The number of anilines is 1. The summed E-state index contributed by atoms with van der Waals surface area (Å²) in [5.41, 5.74) is 4.89. The molecule has 0 fully saturated rings. The van der Waals surface area contributed by atoms with E-state index in [2.05, 4.69) is 10.7 Å². The molecule has 20 heavy (non-hydrogen) atoms. The van der Waals surface area contributed by atoms with Crippen LogP contribution in [0.25, 0.3) is 0 Å². The Kier molecular flexibility index (Phi) is 3.26. The zero-order valence-electron chi connectivity index (χ0n) is 10.8. The van der Waals surface area contributed by atoms with E-state index < -0.39 is 0 Å². The molecular weight excluding hydrogens is 254 g/mol. The van der Waals surface area contributed by atoms with Crippen molar-refractivity contribution in [2.45, 2.75) is 6.04 Å². The minimum atomic E-state index is -0.126. The maximum Gasteiger partial charge on any atom is 0.251 e. The normalized spacial score (nSPS) is 16.1. The van der Waals surface area contributed by atoms with Gasteiger partial charge in [-0.05, 0) is 30.3 Å². The van der Waals surface area contributed by atoms with Crippen LogP contribution in [0, 0.1) is 0 Å². The van der Waals surface area contributed by atoms with E-state index in [0.717, 1.165) is 17.0 Å². The number of hydrazine groups is 1. The van der Waals surface area contributed by atoms with Crippen molar-refractivity contribution in [1.82, 2.24) is 5.32 Å². The Bertz CT molecular complexity index is 625. The third-order valence-electron chi connectivity index (χ3n) is 3.32. The van der Waals surface area contributed by atoms with Crippen LogP contribution in [0.1, 0.15) is 22.0 Å². The SMILES string of the molecule is NNc1ccc(C(=O)NC2COc3ccccc32)cc1. The highest BCUT2D eigenvalue weighted by molar-refractivity contribution is 5.94. The van der Waals surface area contributed by atoms with E-state index in [9.17, 15) is 4.79 Å². The Morgan fingerprint density at radius 2 is 1.90 bits per heavy atom. The van der Waals surface area contributed by atoms with Crippen molar-refractivity contribution in [3.8, 4) is 5.75 Å². The number of carbonyl (C=O) groups is 1. The number of para-hydroxylation sites is 1. The van der Waals surface area contributed by atoms with Gasteiger partial charge in [-0.25, -0.2) is 0 Å². The number of nitrogens with two attached hydrogens (primary N) is 1. The molecule has 1 aliphatic rings. The van der Waals surface area contributed by atoms with Gasteiger partial charge in [-0.2, -0.15) is 0 Å².